The van der Waals surface area contributed by atoms with E-state index in [1.165, 1.54) is 0 Å². The number of rotatable bonds is 5. The first-order valence-electron chi connectivity index (χ1n) is 4.22. The van der Waals surface area contributed by atoms with Crippen LogP contribution in [0.2, 0.25) is 0 Å². The average Bonchev–Trinajstić information content (AvgIpc) is 2.05. The van der Waals surface area contributed by atoms with E-state index in [4.69, 9.17) is 0 Å². The fourth-order valence-electron chi connectivity index (χ4n) is 0.699. The fraction of sp³-hybridized carbons (Fsp3) is 0.600. The van der Waals surface area contributed by atoms with E-state index in [9.17, 15) is 9.59 Å². The number of hydrogen-bond acceptors (Lipinski definition) is 2. The molecular formula is C10H14O2. The highest BCUT2D eigenvalue weighted by Gasteiger charge is 1.97. The minimum absolute atomic E-state index is 0.0178. The Morgan fingerprint density at radius 2 is 2.00 bits per heavy atom. The second kappa shape index (κ2) is 8.00. The Bertz CT molecular complexity index is 196. The molecule has 0 aromatic rings. The van der Waals surface area contributed by atoms with Crippen LogP contribution in [0.15, 0.2) is 0 Å². The van der Waals surface area contributed by atoms with Crippen molar-refractivity contribution in [1.82, 2.24) is 0 Å². The van der Waals surface area contributed by atoms with Crippen molar-refractivity contribution < 1.29 is 9.59 Å². The summed E-state index contributed by atoms with van der Waals surface area (Å²) in [5.74, 6) is 5.81. The summed E-state index contributed by atoms with van der Waals surface area (Å²) < 4.78 is 0. The molecule has 0 heterocycles. The number of carbonyl (C=O) groups is 2. The predicted octanol–water partition coefficient (Wildman–Crippen LogP) is 1.73. The molecule has 0 aliphatic carbocycles. The third-order valence-electron chi connectivity index (χ3n) is 1.34. The maximum absolute atomic E-state index is 10.8. The SMILES string of the molecule is CCCC#CCCC(=O)CC=O. The van der Waals surface area contributed by atoms with Crippen LogP contribution in [0.1, 0.15) is 39.0 Å². The van der Waals surface area contributed by atoms with Gasteiger partial charge in [0.2, 0.25) is 0 Å². The van der Waals surface area contributed by atoms with Gasteiger partial charge in [0.25, 0.3) is 0 Å². The summed E-state index contributed by atoms with van der Waals surface area (Å²) in [4.78, 5) is 20.7. The highest BCUT2D eigenvalue weighted by molar-refractivity contribution is 5.89. The van der Waals surface area contributed by atoms with Crippen molar-refractivity contribution in [3.8, 4) is 11.8 Å². The van der Waals surface area contributed by atoms with Gasteiger partial charge in [0.15, 0.2) is 0 Å². The van der Waals surface area contributed by atoms with Gasteiger partial charge in [-0.15, -0.1) is 11.8 Å². The van der Waals surface area contributed by atoms with Crippen molar-refractivity contribution >= 4 is 12.1 Å². The standard InChI is InChI=1S/C10H14O2/c1-2-3-4-5-6-7-10(12)8-9-11/h9H,2-3,6-8H2,1H3. The van der Waals surface area contributed by atoms with Crippen LogP contribution in [0, 0.1) is 11.8 Å². The number of aldehydes is 1. The highest BCUT2D eigenvalue weighted by Crippen LogP contribution is 1.92. The fourth-order valence-corrected chi connectivity index (χ4v) is 0.699. The summed E-state index contributed by atoms with van der Waals surface area (Å²) in [6.07, 6.45) is 3.62. The van der Waals surface area contributed by atoms with E-state index < -0.39 is 0 Å². The van der Waals surface area contributed by atoms with Crippen LogP contribution >= 0.6 is 0 Å². The molecule has 0 rings (SSSR count). The monoisotopic (exact) mass is 166 g/mol. The Labute approximate surface area is 73.3 Å². The first kappa shape index (κ1) is 10.9. The molecule has 0 unspecified atom stereocenters. The van der Waals surface area contributed by atoms with Crippen molar-refractivity contribution in [2.75, 3.05) is 0 Å². The zero-order chi connectivity index (χ0) is 9.23. The zero-order valence-corrected chi connectivity index (χ0v) is 7.43. The van der Waals surface area contributed by atoms with Crippen LogP contribution in [0.25, 0.3) is 0 Å². The van der Waals surface area contributed by atoms with Gasteiger partial charge in [-0.3, -0.25) is 4.79 Å². The van der Waals surface area contributed by atoms with Gasteiger partial charge < -0.3 is 4.79 Å². The number of Topliss-reactive ketones (excluding diaryl/α,β-unsaturated/α-hetero) is 1. The zero-order valence-electron chi connectivity index (χ0n) is 7.43. The van der Waals surface area contributed by atoms with Gasteiger partial charge in [0.05, 0.1) is 6.42 Å². The molecule has 0 aliphatic heterocycles. The molecule has 0 N–H and O–H groups in total. The molecule has 2 heteroatoms. The Hall–Kier alpha value is -1.10. The molecular weight excluding hydrogens is 152 g/mol. The summed E-state index contributed by atoms with van der Waals surface area (Å²) >= 11 is 0. The molecule has 0 amide bonds. The topological polar surface area (TPSA) is 34.1 Å². The van der Waals surface area contributed by atoms with Crippen LogP contribution in [0.3, 0.4) is 0 Å². The molecule has 2 nitrogen and oxygen atoms in total. The largest absolute Gasteiger partial charge is 0.303 e. The van der Waals surface area contributed by atoms with Crippen molar-refractivity contribution in [3.05, 3.63) is 0 Å². The molecule has 0 aromatic carbocycles. The lowest BCUT2D eigenvalue weighted by atomic mass is 10.2. The second-order valence-electron chi connectivity index (χ2n) is 2.51. The van der Waals surface area contributed by atoms with Crippen molar-refractivity contribution in [1.29, 1.82) is 0 Å². The molecule has 0 radical (unpaired) electrons. The second-order valence-corrected chi connectivity index (χ2v) is 2.51. The van der Waals surface area contributed by atoms with E-state index in [0.717, 1.165) is 12.8 Å². The summed E-state index contributed by atoms with van der Waals surface area (Å²) in [5, 5.41) is 0. The molecule has 12 heavy (non-hydrogen) atoms. The molecule has 0 aliphatic rings. The Morgan fingerprint density at radius 3 is 2.58 bits per heavy atom. The first-order chi connectivity index (χ1) is 5.81. The Morgan fingerprint density at radius 1 is 1.33 bits per heavy atom. The van der Waals surface area contributed by atoms with Gasteiger partial charge in [-0.2, -0.15) is 0 Å². The molecule has 66 valence electrons. The van der Waals surface area contributed by atoms with E-state index in [1.807, 2.05) is 0 Å². The molecule has 0 atom stereocenters. The maximum atomic E-state index is 10.8. The lowest BCUT2D eigenvalue weighted by Crippen LogP contribution is -1.96. The lowest BCUT2D eigenvalue weighted by Gasteiger charge is -1.88. The summed E-state index contributed by atoms with van der Waals surface area (Å²) in [7, 11) is 0. The minimum Gasteiger partial charge on any atom is -0.303 e. The van der Waals surface area contributed by atoms with E-state index in [0.29, 0.717) is 19.1 Å². The van der Waals surface area contributed by atoms with Crippen molar-refractivity contribution in [2.45, 2.75) is 39.0 Å². The van der Waals surface area contributed by atoms with Gasteiger partial charge >= 0.3 is 0 Å². The molecule has 0 fully saturated rings. The highest BCUT2D eigenvalue weighted by atomic mass is 16.1. The normalized spacial score (nSPS) is 8.42. The minimum atomic E-state index is -0.0178. The third-order valence-corrected chi connectivity index (χ3v) is 1.34. The Kier molecular flexibility index (Phi) is 7.27. The number of carbonyl (C=O) groups excluding carboxylic acids is 2. The molecule has 0 bridgehead atoms. The van der Waals surface area contributed by atoms with Gasteiger partial charge in [-0.1, -0.05) is 6.92 Å². The molecule has 0 saturated carbocycles. The van der Waals surface area contributed by atoms with Gasteiger partial charge in [0.1, 0.15) is 12.1 Å². The average molecular weight is 166 g/mol. The quantitative estimate of drug-likeness (QED) is 0.354. The number of hydrogen-bond donors (Lipinski definition) is 0. The third kappa shape index (κ3) is 7.01. The van der Waals surface area contributed by atoms with Crippen molar-refractivity contribution in [2.24, 2.45) is 0 Å². The van der Waals surface area contributed by atoms with Gasteiger partial charge in [0, 0.05) is 19.3 Å². The number of ketones is 1. The summed E-state index contributed by atoms with van der Waals surface area (Å²) in [5.41, 5.74) is 0. The van der Waals surface area contributed by atoms with Crippen LogP contribution in [-0.2, 0) is 9.59 Å². The molecule has 0 aromatic heterocycles. The van der Waals surface area contributed by atoms with E-state index in [1.54, 1.807) is 0 Å². The lowest BCUT2D eigenvalue weighted by molar-refractivity contribution is -0.122. The summed E-state index contributed by atoms with van der Waals surface area (Å²) in [6, 6.07) is 0. The number of unbranched alkanes of at least 4 members (excludes halogenated alkanes) is 1. The van der Waals surface area contributed by atoms with E-state index >= 15 is 0 Å². The van der Waals surface area contributed by atoms with E-state index in [-0.39, 0.29) is 12.2 Å². The van der Waals surface area contributed by atoms with Crippen LogP contribution in [-0.4, -0.2) is 12.1 Å². The maximum Gasteiger partial charge on any atom is 0.140 e. The van der Waals surface area contributed by atoms with Crippen LogP contribution in [0.4, 0.5) is 0 Å². The van der Waals surface area contributed by atoms with Gasteiger partial charge in [-0.25, -0.2) is 0 Å². The van der Waals surface area contributed by atoms with E-state index in [2.05, 4.69) is 18.8 Å². The van der Waals surface area contributed by atoms with Crippen LogP contribution < -0.4 is 0 Å². The summed E-state index contributed by atoms with van der Waals surface area (Å²) in [6.45, 7) is 2.06. The van der Waals surface area contributed by atoms with Gasteiger partial charge in [-0.05, 0) is 6.42 Å². The van der Waals surface area contributed by atoms with Crippen LogP contribution in [0.5, 0.6) is 0 Å². The Balaban J connectivity index is 3.37. The molecule has 0 saturated heterocycles. The smallest absolute Gasteiger partial charge is 0.140 e. The van der Waals surface area contributed by atoms with Crippen molar-refractivity contribution in [3.63, 3.8) is 0 Å². The predicted molar refractivity (Wildman–Crippen MR) is 47.6 cm³/mol. The molecule has 0 spiro atoms. The first-order valence-corrected chi connectivity index (χ1v) is 4.22.